The van der Waals surface area contributed by atoms with Crippen molar-refractivity contribution in [2.24, 2.45) is 0 Å². The van der Waals surface area contributed by atoms with Crippen molar-refractivity contribution in [3.05, 3.63) is 72.6 Å². The van der Waals surface area contributed by atoms with E-state index in [4.69, 9.17) is 9.15 Å². The molecular formula is C24H22N4O3. The van der Waals surface area contributed by atoms with E-state index in [0.717, 1.165) is 48.1 Å². The Labute approximate surface area is 179 Å². The number of benzene rings is 2. The Morgan fingerprint density at radius 3 is 2.71 bits per heavy atom. The minimum atomic E-state index is -0.0286. The van der Waals surface area contributed by atoms with E-state index >= 15 is 0 Å². The molecule has 0 atom stereocenters. The van der Waals surface area contributed by atoms with Crippen LogP contribution in [-0.2, 0) is 6.42 Å². The van der Waals surface area contributed by atoms with Gasteiger partial charge in [0, 0.05) is 22.7 Å². The van der Waals surface area contributed by atoms with Crippen LogP contribution in [0.15, 0.2) is 65.7 Å². The number of Topliss-reactive ketones (excluding diaryl/α,β-unsaturated/α-hetero) is 1. The smallest absolute Gasteiger partial charge is 0.181 e. The van der Waals surface area contributed by atoms with Gasteiger partial charge in [-0.15, -0.1) is 0 Å². The van der Waals surface area contributed by atoms with E-state index < -0.39 is 0 Å². The van der Waals surface area contributed by atoms with Gasteiger partial charge in [0.05, 0.1) is 18.1 Å². The maximum Gasteiger partial charge on any atom is 0.181 e. The van der Waals surface area contributed by atoms with Gasteiger partial charge in [0.25, 0.3) is 0 Å². The summed E-state index contributed by atoms with van der Waals surface area (Å²) >= 11 is 0. The Balaban J connectivity index is 1.29. The quantitative estimate of drug-likeness (QED) is 0.479. The van der Waals surface area contributed by atoms with Crippen LogP contribution in [0, 0.1) is 0 Å². The first kappa shape index (κ1) is 19.4. The van der Waals surface area contributed by atoms with Crippen molar-refractivity contribution in [1.29, 1.82) is 0 Å². The minimum Gasteiger partial charge on any atom is -0.490 e. The summed E-state index contributed by atoms with van der Waals surface area (Å²) in [6.07, 6.45) is 7.16. The highest BCUT2D eigenvalue weighted by atomic mass is 16.5. The first-order valence-corrected chi connectivity index (χ1v) is 10.4. The lowest BCUT2D eigenvalue weighted by Gasteiger charge is -2.23. The van der Waals surface area contributed by atoms with Crippen LogP contribution in [-0.4, -0.2) is 39.9 Å². The summed E-state index contributed by atoms with van der Waals surface area (Å²) in [4.78, 5) is 25.6. The Bertz CT molecular complexity index is 1180. The van der Waals surface area contributed by atoms with Crippen LogP contribution >= 0.6 is 0 Å². The molecule has 0 spiro atoms. The van der Waals surface area contributed by atoms with Crippen LogP contribution in [0.3, 0.4) is 0 Å². The number of rotatable bonds is 6. The molecule has 7 nitrogen and oxygen atoms in total. The third-order valence-electron chi connectivity index (χ3n) is 5.43. The van der Waals surface area contributed by atoms with Crippen molar-refractivity contribution in [2.75, 3.05) is 13.1 Å². The molecule has 0 bridgehead atoms. The monoisotopic (exact) mass is 414 g/mol. The molecule has 156 valence electrons. The molecule has 5 rings (SSSR count). The molecule has 31 heavy (non-hydrogen) atoms. The lowest BCUT2D eigenvalue weighted by molar-refractivity contribution is 0.0991. The van der Waals surface area contributed by atoms with Crippen molar-refractivity contribution in [2.45, 2.75) is 25.4 Å². The molecule has 0 unspecified atom stereocenters. The number of hydrogen-bond donors (Lipinski definition) is 1. The molecule has 1 fully saturated rings. The second kappa shape index (κ2) is 8.65. The van der Waals surface area contributed by atoms with Crippen LogP contribution in [0.2, 0.25) is 0 Å². The van der Waals surface area contributed by atoms with Crippen molar-refractivity contribution in [1.82, 2.24) is 20.3 Å². The van der Waals surface area contributed by atoms with Crippen LogP contribution in [0.4, 0.5) is 0 Å². The summed E-state index contributed by atoms with van der Waals surface area (Å²) in [6.45, 7) is 1.96. The summed E-state index contributed by atoms with van der Waals surface area (Å²) in [5.41, 5.74) is 2.26. The van der Waals surface area contributed by atoms with Gasteiger partial charge in [-0.3, -0.25) is 4.79 Å². The van der Waals surface area contributed by atoms with Crippen LogP contribution < -0.4 is 10.1 Å². The number of fused-ring (bicyclic) bond motifs is 1. The molecule has 0 aliphatic carbocycles. The zero-order valence-corrected chi connectivity index (χ0v) is 17.0. The van der Waals surface area contributed by atoms with E-state index in [9.17, 15) is 4.79 Å². The third-order valence-corrected chi connectivity index (χ3v) is 5.43. The van der Waals surface area contributed by atoms with Gasteiger partial charge in [0.15, 0.2) is 17.9 Å². The van der Waals surface area contributed by atoms with Gasteiger partial charge >= 0.3 is 0 Å². The fourth-order valence-corrected chi connectivity index (χ4v) is 3.73. The highest BCUT2D eigenvalue weighted by Crippen LogP contribution is 2.23. The molecular weight excluding hydrogens is 392 g/mol. The average molecular weight is 414 g/mol. The van der Waals surface area contributed by atoms with E-state index in [1.54, 1.807) is 12.4 Å². The molecule has 0 radical (unpaired) electrons. The van der Waals surface area contributed by atoms with Gasteiger partial charge < -0.3 is 14.5 Å². The topological polar surface area (TPSA) is 90.1 Å². The molecule has 2 aromatic heterocycles. The molecule has 2 aromatic carbocycles. The lowest BCUT2D eigenvalue weighted by atomic mass is 10.1. The molecule has 0 amide bonds. The molecule has 3 heterocycles. The number of ketones is 1. The number of hydrogen-bond acceptors (Lipinski definition) is 7. The van der Waals surface area contributed by atoms with E-state index in [2.05, 4.69) is 20.3 Å². The van der Waals surface area contributed by atoms with Gasteiger partial charge in [-0.05, 0) is 56.3 Å². The maximum atomic E-state index is 12.8. The van der Waals surface area contributed by atoms with E-state index in [1.807, 2.05) is 42.5 Å². The van der Waals surface area contributed by atoms with Crippen LogP contribution in [0.1, 0.15) is 29.0 Å². The van der Waals surface area contributed by atoms with Crippen molar-refractivity contribution in [3.63, 3.8) is 0 Å². The number of piperidine rings is 1. The number of nitrogens with zero attached hydrogens (tertiary/aromatic N) is 3. The summed E-state index contributed by atoms with van der Waals surface area (Å²) in [5, 5.41) is 4.23. The molecule has 1 aliphatic rings. The molecule has 0 saturated carbocycles. The summed E-state index contributed by atoms with van der Waals surface area (Å²) in [7, 11) is 0. The molecule has 1 saturated heterocycles. The number of ether oxygens (including phenoxy) is 1. The van der Waals surface area contributed by atoms with Gasteiger partial charge in [-0.25, -0.2) is 15.0 Å². The largest absolute Gasteiger partial charge is 0.490 e. The Hall–Kier alpha value is -3.58. The summed E-state index contributed by atoms with van der Waals surface area (Å²) < 4.78 is 11.4. The lowest BCUT2D eigenvalue weighted by Crippen LogP contribution is -2.34. The van der Waals surface area contributed by atoms with Crippen LogP contribution in [0.25, 0.3) is 22.2 Å². The molecule has 1 aliphatic heterocycles. The minimum absolute atomic E-state index is 0.0286. The van der Waals surface area contributed by atoms with Crippen molar-refractivity contribution >= 4 is 16.7 Å². The Morgan fingerprint density at radius 2 is 1.94 bits per heavy atom. The predicted octanol–water partition coefficient (Wildman–Crippen LogP) is 3.84. The Morgan fingerprint density at radius 1 is 1.10 bits per heavy atom. The van der Waals surface area contributed by atoms with E-state index in [-0.39, 0.29) is 18.3 Å². The van der Waals surface area contributed by atoms with Gasteiger partial charge in [0.2, 0.25) is 0 Å². The second-order valence-electron chi connectivity index (χ2n) is 7.62. The molecule has 4 aromatic rings. The van der Waals surface area contributed by atoms with Crippen LogP contribution in [0.5, 0.6) is 5.75 Å². The standard InChI is InChI=1S/C24H22N4O3/c29-22(16-3-5-19(6-4-16)31-20-7-9-25-10-8-20)12-24-27-13-18-2-1-17(11-21(18)28-24)23-14-26-15-30-23/h1-6,11,13-15,20,25H,7-10,12H2. The van der Waals surface area contributed by atoms with Gasteiger partial charge in [-0.1, -0.05) is 12.1 Å². The highest BCUT2D eigenvalue weighted by Gasteiger charge is 2.15. The van der Waals surface area contributed by atoms with Crippen molar-refractivity contribution < 1.29 is 13.9 Å². The first-order valence-electron chi connectivity index (χ1n) is 10.4. The number of carbonyl (C=O) groups is 1. The number of nitrogens with one attached hydrogen (secondary N) is 1. The van der Waals surface area contributed by atoms with Gasteiger partial charge in [-0.2, -0.15) is 0 Å². The fourth-order valence-electron chi connectivity index (χ4n) is 3.73. The molecule has 7 heteroatoms. The summed E-state index contributed by atoms with van der Waals surface area (Å²) in [6, 6.07) is 13.1. The number of aromatic nitrogens is 3. The normalized spacial score (nSPS) is 14.6. The average Bonchev–Trinajstić information content (AvgIpc) is 3.35. The Kier molecular flexibility index (Phi) is 5.41. The first-order chi connectivity index (χ1) is 15.2. The fraction of sp³-hybridized carbons (Fsp3) is 0.250. The van der Waals surface area contributed by atoms with Gasteiger partial charge in [0.1, 0.15) is 17.7 Å². The van der Waals surface area contributed by atoms with E-state index in [1.165, 1.54) is 6.39 Å². The molecule has 1 N–H and O–H groups in total. The zero-order chi connectivity index (χ0) is 21.0. The SMILES string of the molecule is O=C(Cc1ncc2ccc(-c3cnco3)cc2n1)c1ccc(OC2CCNCC2)cc1. The van der Waals surface area contributed by atoms with Crippen molar-refractivity contribution in [3.8, 4) is 17.1 Å². The third kappa shape index (κ3) is 4.46. The maximum absolute atomic E-state index is 12.8. The highest BCUT2D eigenvalue weighted by molar-refractivity contribution is 5.97. The number of carbonyl (C=O) groups excluding carboxylic acids is 1. The summed E-state index contributed by atoms with van der Waals surface area (Å²) in [5.74, 6) is 1.93. The second-order valence-corrected chi connectivity index (χ2v) is 7.62. The predicted molar refractivity (Wildman–Crippen MR) is 116 cm³/mol. The zero-order valence-electron chi connectivity index (χ0n) is 17.0. The van der Waals surface area contributed by atoms with E-state index in [0.29, 0.717) is 17.1 Å². The number of oxazole rings is 1.